The Morgan fingerprint density at radius 3 is 2.62 bits per heavy atom. The van der Waals surface area contributed by atoms with E-state index in [1.165, 1.54) is 0 Å². The lowest BCUT2D eigenvalue weighted by molar-refractivity contribution is -0.0857. The fourth-order valence-corrected chi connectivity index (χ4v) is 0.540. The molecule has 0 rings (SSSR count). The molecule has 0 aliphatic carbocycles. The summed E-state index contributed by atoms with van der Waals surface area (Å²) in [6.45, 7) is 2.40. The van der Waals surface area contributed by atoms with Gasteiger partial charge < -0.3 is 14.2 Å². The second-order valence-electron chi connectivity index (χ2n) is 2.17. The zero-order chi connectivity index (χ0) is 9.78. The van der Waals surface area contributed by atoms with Crippen LogP contribution in [0.15, 0.2) is 0 Å². The van der Waals surface area contributed by atoms with Crippen molar-refractivity contribution < 1.29 is 19.0 Å². The van der Waals surface area contributed by atoms with Crippen molar-refractivity contribution in [2.75, 3.05) is 47.6 Å². The molecule has 0 fully saturated rings. The Bertz CT molecular complexity index is 84.6. The second kappa shape index (κ2) is 11.8. The van der Waals surface area contributed by atoms with Gasteiger partial charge in [0.15, 0.2) is 6.79 Å². The molecule has 6 heteroatoms. The van der Waals surface area contributed by atoms with Gasteiger partial charge in [0, 0.05) is 14.2 Å². The zero-order valence-electron chi connectivity index (χ0n) is 8.17. The van der Waals surface area contributed by atoms with Crippen LogP contribution in [0.25, 0.3) is 0 Å². The van der Waals surface area contributed by atoms with Gasteiger partial charge in [0.1, 0.15) is 0 Å². The zero-order valence-corrected chi connectivity index (χ0v) is 8.17. The van der Waals surface area contributed by atoms with Gasteiger partial charge in [-0.05, 0) is 0 Å². The van der Waals surface area contributed by atoms with Gasteiger partial charge in [-0.1, -0.05) is 0 Å². The third kappa shape index (κ3) is 11.8. The molecule has 0 heterocycles. The molecule has 0 aliphatic heterocycles. The van der Waals surface area contributed by atoms with Gasteiger partial charge in [0.25, 0.3) is 0 Å². The molecule has 13 heavy (non-hydrogen) atoms. The number of rotatable bonds is 10. The number of hydroxylamine groups is 1. The molecular formula is C7H18N2O4. The normalized spacial score (nSPS) is 10.6. The van der Waals surface area contributed by atoms with E-state index in [4.69, 9.17) is 14.3 Å². The monoisotopic (exact) mass is 194 g/mol. The van der Waals surface area contributed by atoms with E-state index >= 15 is 0 Å². The van der Waals surface area contributed by atoms with Crippen LogP contribution in [-0.2, 0) is 19.0 Å². The van der Waals surface area contributed by atoms with Crippen molar-refractivity contribution in [2.45, 2.75) is 0 Å². The first kappa shape index (κ1) is 12.8. The highest BCUT2D eigenvalue weighted by Gasteiger charge is 1.87. The summed E-state index contributed by atoms with van der Waals surface area (Å²) < 4.78 is 14.6. The van der Waals surface area contributed by atoms with Crippen molar-refractivity contribution in [3.63, 3.8) is 0 Å². The SMILES string of the molecule is COCCOCNCNOCOC. The molecule has 0 atom stereocenters. The highest BCUT2D eigenvalue weighted by molar-refractivity contribution is 4.30. The maximum atomic E-state index is 5.12. The predicted molar refractivity (Wildman–Crippen MR) is 46.8 cm³/mol. The number of ether oxygens (including phenoxy) is 3. The summed E-state index contributed by atoms with van der Waals surface area (Å²) in [5.41, 5.74) is 2.63. The first-order valence-corrected chi connectivity index (χ1v) is 4.02. The molecule has 0 saturated heterocycles. The standard InChI is InChI=1S/C7H18N2O4/c1-10-3-4-12-6-8-5-9-13-7-11-2/h8-9H,3-7H2,1-2H3. The Morgan fingerprint density at radius 2 is 1.92 bits per heavy atom. The Kier molecular flexibility index (Phi) is 11.5. The van der Waals surface area contributed by atoms with Crippen molar-refractivity contribution >= 4 is 0 Å². The molecule has 0 radical (unpaired) electrons. The molecule has 0 amide bonds. The summed E-state index contributed by atoms with van der Waals surface area (Å²) in [5, 5.41) is 2.93. The highest BCUT2D eigenvalue weighted by Crippen LogP contribution is 1.72. The predicted octanol–water partition coefficient (Wildman–Crippen LogP) is -0.721. The van der Waals surface area contributed by atoms with Crippen LogP contribution in [0.1, 0.15) is 0 Å². The lowest BCUT2D eigenvalue weighted by Crippen LogP contribution is -2.31. The summed E-state index contributed by atoms with van der Waals surface area (Å²) >= 11 is 0. The Morgan fingerprint density at radius 1 is 1.08 bits per heavy atom. The first-order valence-electron chi connectivity index (χ1n) is 4.02. The lowest BCUT2D eigenvalue weighted by atomic mass is 10.8. The van der Waals surface area contributed by atoms with Gasteiger partial charge in [-0.2, -0.15) is 5.48 Å². The van der Waals surface area contributed by atoms with Crippen LogP contribution in [0, 0.1) is 0 Å². The Labute approximate surface area is 78.4 Å². The van der Waals surface area contributed by atoms with E-state index in [2.05, 4.69) is 15.5 Å². The molecule has 0 aromatic heterocycles. The molecule has 0 aromatic carbocycles. The van der Waals surface area contributed by atoms with Crippen LogP contribution < -0.4 is 10.8 Å². The molecule has 0 bridgehead atoms. The van der Waals surface area contributed by atoms with Crippen LogP contribution in [0.4, 0.5) is 0 Å². The minimum atomic E-state index is 0.228. The van der Waals surface area contributed by atoms with Crippen LogP contribution in [0.3, 0.4) is 0 Å². The molecule has 2 N–H and O–H groups in total. The molecule has 6 nitrogen and oxygen atoms in total. The van der Waals surface area contributed by atoms with Crippen LogP contribution in [0.2, 0.25) is 0 Å². The first-order chi connectivity index (χ1) is 6.41. The molecule has 80 valence electrons. The summed E-state index contributed by atoms with van der Waals surface area (Å²) in [4.78, 5) is 4.80. The summed E-state index contributed by atoms with van der Waals surface area (Å²) in [7, 11) is 3.19. The largest absolute Gasteiger partial charge is 0.382 e. The van der Waals surface area contributed by atoms with E-state index in [-0.39, 0.29) is 6.79 Å². The van der Waals surface area contributed by atoms with Crippen LogP contribution >= 0.6 is 0 Å². The van der Waals surface area contributed by atoms with Gasteiger partial charge in [-0.25, -0.2) is 0 Å². The average Bonchev–Trinajstić information content (AvgIpc) is 2.16. The topological polar surface area (TPSA) is 61.0 Å². The smallest absolute Gasteiger partial charge is 0.166 e. The average molecular weight is 194 g/mol. The van der Waals surface area contributed by atoms with Gasteiger partial charge in [0.2, 0.25) is 0 Å². The van der Waals surface area contributed by atoms with Gasteiger partial charge in [-0.3, -0.25) is 10.2 Å². The van der Waals surface area contributed by atoms with E-state index in [1.54, 1.807) is 14.2 Å². The fraction of sp³-hybridized carbons (Fsp3) is 1.00. The van der Waals surface area contributed by atoms with Crippen LogP contribution in [-0.4, -0.2) is 47.6 Å². The second-order valence-corrected chi connectivity index (χ2v) is 2.17. The number of nitrogens with one attached hydrogen (secondary N) is 2. The molecule has 0 aliphatic rings. The maximum Gasteiger partial charge on any atom is 0.166 e. The quantitative estimate of drug-likeness (QED) is 0.272. The summed E-state index contributed by atoms with van der Waals surface area (Å²) in [6.07, 6.45) is 0. The van der Waals surface area contributed by atoms with E-state index in [0.29, 0.717) is 26.6 Å². The van der Waals surface area contributed by atoms with Crippen LogP contribution in [0.5, 0.6) is 0 Å². The van der Waals surface area contributed by atoms with Gasteiger partial charge >= 0.3 is 0 Å². The van der Waals surface area contributed by atoms with E-state index in [1.807, 2.05) is 0 Å². The number of hydrogen-bond acceptors (Lipinski definition) is 6. The molecule has 0 unspecified atom stereocenters. The maximum absolute atomic E-state index is 5.12. The van der Waals surface area contributed by atoms with Gasteiger partial charge in [-0.15, -0.1) is 0 Å². The van der Waals surface area contributed by atoms with Gasteiger partial charge in [0.05, 0.1) is 26.6 Å². The van der Waals surface area contributed by atoms with Crippen molar-refractivity contribution in [3.8, 4) is 0 Å². The van der Waals surface area contributed by atoms with Crippen molar-refractivity contribution in [3.05, 3.63) is 0 Å². The molecule has 0 aromatic rings. The number of methoxy groups -OCH3 is 2. The van der Waals surface area contributed by atoms with Crippen molar-refractivity contribution in [1.29, 1.82) is 0 Å². The minimum Gasteiger partial charge on any atom is -0.382 e. The third-order valence-corrected chi connectivity index (χ3v) is 1.11. The van der Waals surface area contributed by atoms with Crippen molar-refractivity contribution in [1.82, 2.24) is 10.8 Å². The van der Waals surface area contributed by atoms with E-state index in [9.17, 15) is 0 Å². The minimum absolute atomic E-state index is 0.228. The highest BCUT2D eigenvalue weighted by atomic mass is 16.7. The summed E-state index contributed by atoms with van der Waals surface area (Å²) in [6, 6.07) is 0. The Balaban J connectivity index is 2.76. The fourth-order valence-electron chi connectivity index (χ4n) is 0.540. The Hall–Kier alpha value is -0.240. The lowest BCUT2D eigenvalue weighted by Gasteiger charge is -2.07. The van der Waals surface area contributed by atoms with E-state index in [0.717, 1.165) is 0 Å². The third-order valence-electron chi connectivity index (χ3n) is 1.11. The molecule has 0 spiro atoms. The van der Waals surface area contributed by atoms with Crippen molar-refractivity contribution in [2.24, 2.45) is 0 Å². The molecular weight excluding hydrogens is 176 g/mol. The number of hydrogen-bond donors (Lipinski definition) is 2. The summed E-state index contributed by atoms with van der Waals surface area (Å²) in [5.74, 6) is 0. The molecule has 0 saturated carbocycles. The van der Waals surface area contributed by atoms with E-state index < -0.39 is 0 Å².